The third-order valence-corrected chi connectivity index (χ3v) is 5.16. The van der Waals surface area contributed by atoms with Gasteiger partial charge >= 0.3 is 5.97 Å². The van der Waals surface area contributed by atoms with Gasteiger partial charge in [0.15, 0.2) is 0 Å². The molecule has 1 fully saturated rings. The number of carbonyl (C=O) groups is 2. The molecule has 160 valence electrons. The molecule has 7 nitrogen and oxygen atoms in total. The van der Waals surface area contributed by atoms with Gasteiger partial charge in [0.1, 0.15) is 5.75 Å². The normalized spacial score (nSPS) is 13.6. The van der Waals surface area contributed by atoms with Crippen LogP contribution >= 0.6 is 15.9 Å². The number of carbonyl (C=O) groups excluding carboxylic acids is 2. The summed E-state index contributed by atoms with van der Waals surface area (Å²) in [6, 6.07) is 10.5. The molecular weight excluding hydrogens is 452 g/mol. The first kappa shape index (κ1) is 22.1. The zero-order valence-corrected chi connectivity index (χ0v) is 18.7. The molecule has 1 N–H and O–H groups in total. The molecule has 0 saturated carbocycles. The Morgan fingerprint density at radius 3 is 2.60 bits per heavy atom. The number of esters is 1. The standard InChI is InChI=1S/C22H25BrN2O5/c1-3-10-30-22(27)17-14-16(5-6-19(17)25-8-11-29-12-9-25)24-21(26)18-13-15(23)4-7-20(18)28-2/h4-7,13-14H,3,8-12H2,1-2H3,(H,24,26). The molecular formula is C22H25BrN2O5. The molecule has 0 aromatic heterocycles. The summed E-state index contributed by atoms with van der Waals surface area (Å²) in [6.45, 7) is 4.87. The molecule has 1 aliphatic rings. The van der Waals surface area contributed by atoms with E-state index in [1.807, 2.05) is 13.0 Å². The molecule has 3 rings (SSSR count). The second kappa shape index (κ2) is 10.4. The van der Waals surface area contributed by atoms with Gasteiger partial charge in [0.05, 0.1) is 43.7 Å². The first-order valence-corrected chi connectivity index (χ1v) is 10.6. The molecule has 0 aliphatic carbocycles. The number of hydrogen-bond donors (Lipinski definition) is 1. The Morgan fingerprint density at radius 2 is 1.90 bits per heavy atom. The molecule has 8 heteroatoms. The summed E-state index contributed by atoms with van der Waals surface area (Å²) >= 11 is 3.38. The number of nitrogens with zero attached hydrogens (tertiary/aromatic N) is 1. The van der Waals surface area contributed by atoms with Crippen LogP contribution < -0.4 is 15.0 Å². The van der Waals surface area contributed by atoms with Crippen molar-refractivity contribution >= 4 is 39.2 Å². The number of halogens is 1. The molecule has 0 unspecified atom stereocenters. The van der Waals surface area contributed by atoms with Gasteiger partial charge in [-0.2, -0.15) is 0 Å². The second-order valence-corrected chi connectivity index (χ2v) is 7.68. The van der Waals surface area contributed by atoms with E-state index in [9.17, 15) is 9.59 Å². The number of benzene rings is 2. The Morgan fingerprint density at radius 1 is 1.13 bits per heavy atom. The van der Waals surface area contributed by atoms with Gasteiger partial charge < -0.3 is 24.4 Å². The highest BCUT2D eigenvalue weighted by Crippen LogP contribution is 2.28. The number of hydrogen-bond acceptors (Lipinski definition) is 6. The molecule has 30 heavy (non-hydrogen) atoms. The molecule has 0 bridgehead atoms. The highest BCUT2D eigenvalue weighted by atomic mass is 79.9. The van der Waals surface area contributed by atoms with Crippen LogP contribution in [0.5, 0.6) is 5.75 Å². The molecule has 1 saturated heterocycles. The molecule has 1 heterocycles. The number of rotatable bonds is 7. The first-order chi connectivity index (χ1) is 14.5. The van der Waals surface area contributed by atoms with Crippen LogP contribution in [-0.2, 0) is 9.47 Å². The van der Waals surface area contributed by atoms with Crippen molar-refractivity contribution in [3.05, 3.63) is 52.0 Å². The van der Waals surface area contributed by atoms with Crippen molar-refractivity contribution in [1.29, 1.82) is 0 Å². The summed E-state index contributed by atoms with van der Waals surface area (Å²) in [5, 5.41) is 2.85. The van der Waals surface area contributed by atoms with Crippen LogP contribution in [0.3, 0.4) is 0 Å². The summed E-state index contributed by atoms with van der Waals surface area (Å²) in [6.07, 6.45) is 0.734. The Labute approximate surface area is 184 Å². The van der Waals surface area contributed by atoms with Crippen molar-refractivity contribution in [2.45, 2.75) is 13.3 Å². The summed E-state index contributed by atoms with van der Waals surface area (Å²) in [7, 11) is 1.51. The van der Waals surface area contributed by atoms with Crippen molar-refractivity contribution < 1.29 is 23.8 Å². The number of methoxy groups -OCH3 is 1. The predicted octanol–water partition coefficient (Wildman–Crippen LogP) is 4.11. The zero-order valence-electron chi connectivity index (χ0n) is 17.1. The summed E-state index contributed by atoms with van der Waals surface area (Å²) in [5.74, 6) is -0.280. The lowest BCUT2D eigenvalue weighted by atomic mass is 10.1. The largest absolute Gasteiger partial charge is 0.496 e. The first-order valence-electron chi connectivity index (χ1n) is 9.82. The lowest BCUT2D eigenvalue weighted by molar-refractivity contribution is 0.0504. The van der Waals surface area contributed by atoms with Gasteiger partial charge in [0.2, 0.25) is 0 Å². The fourth-order valence-corrected chi connectivity index (χ4v) is 3.55. The fraction of sp³-hybridized carbons (Fsp3) is 0.364. The average molecular weight is 477 g/mol. The predicted molar refractivity (Wildman–Crippen MR) is 119 cm³/mol. The second-order valence-electron chi connectivity index (χ2n) is 6.77. The van der Waals surface area contributed by atoms with Crippen LogP contribution in [0.15, 0.2) is 40.9 Å². The van der Waals surface area contributed by atoms with E-state index in [2.05, 4.69) is 26.1 Å². The highest BCUT2D eigenvalue weighted by Gasteiger charge is 2.21. The molecule has 1 aliphatic heterocycles. The maximum atomic E-state index is 12.8. The Hall–Kier alpha value is -2.58. The van der Waals surface area contributed by atoms with Crippen LogP contribution in [0, 0.1) is 0 Å². The van der Waals surface area contributed by atoms with E-state index in [1.54, 1.807) is 30.3 Å². The van der Waals surface area contributed by atoms with Gasteiger partial charge in [0, 0.05) is 23.2 Å². The van der Waals surface area contributed by atoms with Crippen LogP contribution in [-0.4, -0.2) is 51.9 Å². The Balaban J connectivity index is 1.89. The minimum absolute atomic E-state index is 0.333. The van der Waals surface area contributed by atoms with E-state index in [0.717, 1.165) is 16.6 Å². The molecule has 1 amide bonds. The van der Waals surface area contributed by atoms with Gasteiger partial charge in [0.25, 0.3) is 5.91 Å². The molecule has 0 atom stereocenters. The van der Waals surface area contributed by atoms with E-state index in [4.69, 9.17) is 14.2 Å². The van der Waals surface area contributed by atoms with Gasteiger partial charge in [-0.15, -0.1) is 0 Å². The van der Waals surface area contributed by atoms with Crippen molar-refractivity contribution in [3.8, 4) is 5.75 Å². The van der Waals surface area contributed by atoms with Crippen LogP contribution in [0.1, 0.15) is 34.1 Å². The van der Waals surface area contributed by atoms with Crippen molar-refractivity contribution in [2.24, 2.45) is 0 Å². The summed E-state index contributed by atoms with van der Waals surface area (Å²) < 4.78 is 16.8. The zero-order chi connectivity index (χ0) is 21.5. The third kappa shape index (κ3) is 5.31. The van der Waals surface area contributed by atoms with Gasteiger partial charge in [-0.05, 0) is 42.8 Å². The number of amides is 1. The third-order valence-electron chi connectivity index (χ3n) is 4.67. The van der Waals surface area contributed by atoms with Crippen molar-refractivity contribution in [2.75, 3.05) is 50.2 Å². The lowest BCUT2D eigenvalue weighted by Crippen LogP contribution is -2.37. The topological polar surface area (TPSA) is 77.1 Å². The lowest BCUT2D eigenvalue weighted by Gasteiger charge is -2.30. The number of anilines is 2. The molecule has 0 spiro atoms. The quantitative estimate of drug-likeness (QED) is 0.605. The number of ether oxygens (including phenoxy) is 3. The van der Waals surface area contributed by atoms with Crippen LogP contribution in [0.25, 0.3) is 0 Å². The van der Waals surface area contributed by atoms with E-state index in [1.165, 1.54) is 7.11 Å². The van der Waals surface area contributed by atoms with E-state index in [-0.39, 0.29) is 5.91 Å². The summed E-state index contributed by atoms with van der Waals surface area (Å²) in [4.78, 5) is 27.6. The van der Waals surface area contributed by atoms with Crippen LogP contribution in [0.4, 0.5) is 11.4 Å². The summed E-state index contributed by atoms with van der Waals surface area (Å²) in [5.41, 5.74) is 2.09. The van der Waals surface area contributed by atoms with Gasteiger partial charge in [-0.25, -0.2) is 4.79 Å². The SMILES string of the molecule is CCCOC(=O)c1cc(NC(=O)c2cc(Br)ccc2OC)ccc1N1CCOCC1. The number of nitrogens with one attached hydrogen (secondary N) is 1. The van der Waals surface area contributed by atoms with E-state index in [0.29, 0.717) is 55.5 Å². The Bertz CT molecular complexity index is 912. The molecule has 2 aromatic carbocycles. The van der Waals surface area contributed by atoms with Crippen LogP contribution in [0.2, 0.25) is 0 Å². The van der Waals surface area contributed by atoms with Gasteiger partial charge in [-0.1, -0.05) is 22.9 Å². The fourth-order valence-electron chi connectivity index (χ4n) is 3.19. The maximum absolute atomic E-state index is 12.8. The number of morpholine rings is 1. The monoisotopic (exact) mass is 476 g/mol. The smallest absolute Gasteiger partial charge is 0.340 e. The average Bonchev–Trinajstić information content (AvgIpc) is 2.78. The van der Waals surface area contributed by atoms with E-state index >= 15 is 0 Å². The van der Waals surface area contributed by atoms with E-state index < -0.39 is 5.97 Å². The van der Waals surface area contributed by atoms with Gasteiger partial charge in [-0.3, -0.25) is 4.79 Å². The molecule has 2 aromatic rings. The van der Waals surface area contributed by atoms with Crippen molar-refractivity contribution in [3.63, 3.8) is 0 Å². The Kier molecular flexibility index (Phi) is 7.70. The van der Waals surface area contributed by atoms with Crippen molar-refractivity contribution in [1.82, 2.24) is 0 Å². The minimum atomic E-state index is -0.408. The molecule has 0 radical (unpaired) electrons. The highest BCUT2D eigenvalue weighted by molar-refractivity contribution is 9.10. The maximum Gasteiger partial charge on any atom is 0.340 e. The minimum Gasteiger partial charge on any atom is -0.496 e.